The smallest absolute Gasteiger partial charge is 0.191 e. The van der Waals surface area contributed by atoms with Gasteiger partial charge in [0.1, 0.15) is 11.5 Å². The van der Waals surface area contributed by atoms with E-state index in [1.54, 1.807) is 0 Å². The van der Waals surface area contributed by atoms with E-state index in [4.69, 9.17) is 14.3 Å². The highest BCUT2D eigenvalue weighted by Gasteiger charge is 2.21. The highest BCUT2D eigenvalue weighted by Crippen LogP contribution is 2.32. The number of hydrogen-bond donors (Lipinski definition) is 2. The fourth-order valence-electron chi connectivity index (χ4n) is 3.46. The van der Waals surface area contributed by atoms with Crippen LogP contribution in [0.1, 0.15) is 55.7 Å². The van der Waals surface area contributed by atoms with Gasteiger partial charge in [0.15, 0.2) is 5.96 Å². The minimum absolute atomic E-state index is 0. The van der Waals surface area contributed by atoms with E-state index < -0.39 is 0 Å². The maximum atomic E-state index is 5.76. The van der Waals surface area contributed by atoms with E-state index in [0.717, 1.165) is 67.7 Å². The van der Waals surface area contributed by atoms with Crippen molar-refractivity contribution in [3.63, 3.8) is 0 Å². The van der Waals surface area contributed by atoms with Gasteiger partial charge < -0.3 is 19.9 Å². The second-order valence-electron chi connectivity index (χ2n) is 6.69. The standard InChI is InChI=1S/C21H30N4O2.HI/c1-4-18-17(19(5-2)27-25-18)14-24-21(22-6-3)23-13-15-11-12-26-20-10-8-7-9-16(15)20;/h7-10,15H,4-6,11-14H2,1-3H3,(H2,22,23,24);1H. The van der Waals surface area contributed by atoms with Gasteiger partial charge in [0.2, 0.25) is 0 Å². The van der Waals surface area contributed by atoms with Crippen molar-refractivity contribution in [3.8, 4) is 5.75 Å². The van der Waals surface area contributed by atoms with Crippen molar-refractivity contribution in [3.05, 3.63) is 46.8 Å². The number of nitrogens with zero attached hydrogens (tertiary/aromatic N) is 2. The Bertz CT molecular complexity index is 754. The number of aryl methyl sites for hydroxylation is 2. The molecule has 2 heterocycles. The van der Waals surface area contributed by atoms with Crippen LogP contribution in [-0.4, -0.2) is 30.8 Å². The van der Waals surface area contributed by atoms with Crippen LogP contribution >= 0.6 is 24.0 Å². The third kappa shape index (κ3) is 5.40. The average molecular weight is 498 g/mol. The minimum atomic E-state index is 0. The molecule has 0 amide bonds. The van der Waals surface area contributed by atoms with Gasteiger partial charge in [0.25, 0.3) is 0 Å². The lowest BCUT2D eigenvalue weighted by atomic mass is 9.93. The first-order valence-corrected chi connectivity index (χ1v) is 9.96. The van der Waals surface area contributed by atoms with E-state index in [-0.39, 0.29) is 24.0 Å². The molecule has 1 aliphatic rings. The first kappa shape index (κ1) is 22.5. The highest BCUT2D eigenvalue weighted by molar-refractivity contribution is 14.0. The third-order valence-electron chi connectivity index (χ3n) is 4.95. The summed E-state index contributed by atoms with van der Waals surface area (Å²) in [4.78, 5) is 4.78. The van der Waals surface area contributed by atoms with Gasteiger partial charge >= 0.3 is 0 Å². The molecule has 2 N–H and O–H groups in total. The molecule has 1 aliphatic heterocycles. The largest absolute Gasteiger partial charge is 0.493 e. The minimum Gasteiger partial charge on any atom is -0.493 e. The molecule has 0 saturated heterocycles. The number of para-hydroxylation sites is 1. The Hall–Kier alpha value is -1.77. The van der Waals surface area contributed by atoms with Crippen LogP contribution < -0.4 is 15.4 Å². The fourth-order valence-corrected chi connectivity index (χ4v) is 3.46. The molecular weight excluding hydrogens is 467 g/mol. The van der Waals surface area contributed by atoms with Crippen LogP contribution in [-0.2, 0) is 19.4 Å². The van der Waals surface area contributed by atoms with E-state index in [1.165, 1.54) is 5.56 Å². The summed E-state index contributed by atoms with van der Waals surface area (Å²) in [6.45, 7) is 9.25. The summed E-state index contributed by atoms with van der Waals surface area (Å²) in [5.41, 5.74) is 3.39. The lowest BCUT2D eigenvalue weighted by molar-refractivity contribution is 0.267. The van der Waals surface area contributed by atoms with Gasteiger partial charge in [-0.15, -0.1) is 24.0 Å². The lowest BCUT2D eigenvalue weighted by Crippen LogP contribution is -2.40. The van der Waals surface area contributed by atoms with Crippen LogP contribution in [0.2, 0.25) is 0 Å². The molecule has 1 unspecified atom stereocenters. The average Bonchev–Trinajstić information content (AvgIpc) is 3.12. The van der Waals surface area contributed by atoms with Crippen molar-refractivity contribution in [1.82, 2.24) is 15.8 Å². The Morgan fingerprint density at radius 2 is 2.00 bits per heavy atom. The summed E-state index contributed by atoms with van der Waals surface area (Å²) in [6, 6.07) is 8.30. The van der Waals surface area contributed by atoms with E-state index in [1.807, 2.05) is 12.1 Å². The topological polar surface area (TPSA) is 71.7 Å². The molecule has 6 nitrogen and oxygen atoms in total. The first-order valence-electron chi connectivity index (χ1n) is 9.96. The summed E-state index contributed by atoms with van der Waals surface area (Å²) >= 11 is 0. The number of rotatable bonds is 7. The van der Waals surface area contributed by atoms with Crippen molar-refractivity contribution in [2.24, 2.45) is 4.99 Å². The number of nitrogens with one attached hydrogen (secondary N) is 2. The maximum absolute atomic E-state index is 5.76. The molecule has 1 aromatic heterocycles. The van der Waals surface area contributed by atoms with E-state index in [9.17, 15) is 0 Å². The number of guanidine groups is 1. The third-order valence-corrected chi connectivity index (χ3v) is 4.95. The maximum Gasteiger partial charge on any atom is 0.191 e. The van der Waals surface area contributed by atoms with Crippen LogP contribution in [0.15, 0.2) is 33.8 Å². The second-order valence-corrected chi connectivity index (χ2v) is 6.69. The SMILES string of the molecule is CCNC(=NCc1c(CC)noc1CC)NCC1CCOc2ccccc21.I. The van der Waals surface area contributed by atoms with Crippen LogP contribution in [0.3, 0.4) is 0 Å². The van der Waals surface area contributed by atoms with Crippen molar-refractivity contribution in [1.29, 1.82) is 0 Å². The zero-order chi connectivity index (χ0) is 19.1. The van der Waals surface area contributed by atoms with Crippen LogP contribution in [0.25, 0.3) is 0 Å². The molecule has 0 bridgehead atoms. The van der Waals surface area contributed by atoms with Crippen molar-refractivity contribution < 1.29 is 9.26 Å². The van der Waals surface area contributed by atoms with Gasteiger partial charge in [-0.3, -0.25) is 0 Å². The Labute approximate surface area is 184 Å². The molecule has 1 atom stereocenters. The van der Waals surface area contributed by atoms with Gasteiger partial charge in [0, 0.05) is 31.0 Å². The van der Waals surface area contributed by atoms with Crippen molar-refractivity contribution in [2.45, 2.75) is 52.5 Å². The molecule has 2 aromatic rings. The Morgan fingerprint density at radius 3 is 2.75 bits per heavy atom. The van der Waals surface area contributed by atoms with E-state index in [0.29, 0.717) is 12.5 Å². The zero-order valence-electron chi connectivity index (χ0n) is 17.0. The number of fused-ring (bicyclic) bond motifs is 1. The molecular formula is C21H31IN4O2. The molecule has 0 fully saturated rings. The van der Waals surface area contributed by atoms with Crippen molar-refractivity contribution in [2.75, 3.05) is 19.7 Å². The Kier molecular flexibility index (Phi) is 9.08. The second kappa shape index (κ2) is 11.3. The summed E-state index contributed by atoms with van der Waals surface area (Å²) < 4.78 is 11.2. The number of aliphatic imine (C=N–C) groups is 1. The molecule has 0 saturated carbocycles. The van der Waals surface area contributed by atoms with Gasteiger partial charge in [-0.1, -0.05) is 37.2 Å². The number of halogens is 1. The van der Waals surface area contributed by atoms with E-state index >= 15 is 0 Å². The molecule has 3 rings (SSSR count). The zero-order valence-corrected chi connectivity index (χ0v) is 19.3. The normalized spacial score (nSPS) is 16.0. The van der Waals surface area contributed by atoms with Crippen molar-refractivity contribution >= 4 is 29.9 Å². The molecule has 0 radical (unpaired) electrons. The highest BCUT2D eigenvalue weighted by atomic mass is 127. The number of aromatic nitrogens is 1. The number of ether oxygens (including phenoxy) is 1. The predicted molar refractivity (Wildman–Crippen MR) is 123 cm³/mol. The van der Waals surface area contributed by atoms with Gasteiger partial charge in [-0.25, -0.2) is 4.99 Å². The molecule has 0 aliphatic carbocycles. The monoisotopic (exact) mass is 498 g/mol. The number of benzene rings is 1. The Morgan fingerprint density at radius 1 is 1.18 bits per heavy atom. The molecule has 28 heavy (non-hydrogen) atoms. The number of hydrogen-bond acceptors (Lipinski definition) is 4. The van der Waals surface area contributed by atoms with Gasteiger partial charge in [-0.2, -0.15) is 0 Å². The van der Waals surface area contributed by atoms with Gasteiger partial charge in [0.05, 0.1) is 18.8 Å². The molecule has 1 aromatic carbocycles. The van der Waals surface area contributed by atoms with E-state index in [2.05, 4.69) is 48.7 Å². The molecule has 154 valence electrons. The lowest BCUT2D eigenvalue weighted by Gasteiger charge is -2.26. The first-order chi connectivity index (χ1) is 13.3. The predicted octanol–water partition coefficient (Wildman–Crippen LogP) is 4.04. The summed E-state index contributed by atoms with van der Waals surface area (Å²) in [5, 5.41) is 11.0. The van der Waals surface area contributed by atoms with Crippen LogP contribution in [0.5, 0.6) is 5.75 Å². The quantitative estimate of drug-likeness (QED) is 0.343. The molecule has 0 spiro atoms. The summed E-state index contributed by atoms with van der Waals surface area (Å²) in [7, 11) is 0. The summed E-state index contributed by atoms with van der Waals surface area (Å²) in [6.07, 6.45) is 2.70. The van der Waals surface area contributed by atoms with Crippen LogP contribution in [0.4, 0.5) is 0 Å². The Balaban J connectivity index is 0.00000280. The fraction of sp³-hybridized carbons (Fsp3) is 0.524. The van der Waals surface area contributed by atoms with Gasteiger partial charge in [-0.05, 0) is 31.4 Å². The summed E-state index contributed by atoms with van der Waals surface area (Å²) in [5.74, 6) is 3.19. The molecule has 7 heteroatoms. The van der Waals surface area contributed by atoms with Crippen LogP contribution in [0, 0.1) is 0 Å².